The van der Waals surface area contributed by atoms with Crippen molar-refractivity contribution in [1.82, 2.24) is 0 Å². The molecule has 0 radical (unpaired) electrons. The lowest BCUT2D eigenvalue weighted by atomic mass is 10.0. The van der Waals surface area contributed by atoms with Crippen molar-refractivity contribution in [1.29, 1.82) is 0 Å². The number of rotatable bonds is 5. The van der Waals surface area contributed by atoms with E-state index in [1.165, 1.54) is 24.4 Å². The predicted molar refractivity (Wildman–Crippen MR) is 84.7 cm³/mol. The van der Waals surface area contributed by atoms with Crippen molar-refractivity contribution in [2.45, 2.75) is 19.8 Å². The summed E-state index contributed by atoms with van der Waals surface area (Å²) in [5.74, 6) is 0.455. The topological polar surface area (TPSA) is 38.3 Å². The fourth-order valence-corrected chi connectivity index (χ4v) is 3.10. The maximum absolute atomic E-state index is 13.6. The molecule has 2 aromatic carbocycles. The minimum Gasteiger partial charge on any atom is -0.429 e. The number of nitrogens with one attached hydrogen (secondary N) is 1. The monoisotopic (exact) mass is 307 g/mol. The van der Waals surface area contributed by atoms with Crippen molar-refractivity contribution in [2.24, 2.45) is 0 Å². The average molecular weight is 307 g/mol. The molecule has 0 aromatic heterocycles. The normalized spacial score (nSPS) is 13.8. The fraction of sp³-hybridized carbons (Fsp3) is 0.250. The van der Waals surface area contributed by atoms with E-state index in [-0.39, 0.29) is 5.69 Å². The Kier molecular flexibility index (Phi) is 4.69. The van der Waals surface area contributed by atoms with Crippen LogP contribution in [0.1, 0.15) is 25.3 Å². The smallest absolute Gasteiger partial charge is 0.338 e. The third-order valence-corrected chi connectivity index (χ3v) is 4.23. The van der Waals surface area contributed by atoms with Gasteiger partial charge in [-0.15, -0.1) is 0 Å². The molecule has 0 aliphatic carbocycles. The lowest BCUT2D eigenvalue weighted by Gasteiger charge is -2.18. The summed E-state index contributed by atoms with van der Waals surface area (Å²) in [6.07, 6.45) is 0. The van der Waals surface area contributed by atoms with Crippen LogP contribution in [-0.4, -0.2) is 6.66 Å². The molecule has 2 rings (SSSR count). The second kappa shape index (κ2) is 6.31. The van der Waals surface area contributed by atoms with Crippen molar-refractivity contribution in [3.8, 4) is 5.75 Å². The number of benzene rings is 2. The largest absolute Gasteiger partial charge is 0.429 e. The van der Waals surface area contributed by atoms with Gasteiger partial charge in [-0.3, -0.25) is 4.57 Å². The van der Waals surface area contributed by atoms with E-state index in [1.807, 2.05) is 12.1 Å². The molecule has 1 unspecified atom stereocenters. The summed E-state index contributed by atoms with van der Waals surface area (Å²) in [6.45, 7) is 5.62. The van der Waals surface area contributed by atoms with E-state index >= 15 is 0 Å². The Balaban J connectivity index is 2.10. The van der Waals surface area contributed by atoms with E-state index in [9.17, 15) is 8.96 Å². The molecular weight excluding hydrogens is 288 g/mol. The van der Waals surface area contributed by atoms with Gasteiger partial charge >= 0.3 is 7.52 Å². The highest BCUT2D eigenvalue weighted by Crippen LogP contribution is 2.43. The highest BCUT2D eigenvalue weighted by atomic mass is 31.2. The van der Waals surface area contributed by atoms with Gasteiger partial charge in [0.2, 0.25) is 0 Å². The first-order chi connectivity index (χ1) is 9.87. The zero-order valence-electron chi connectivity index (χ0n) is 12.3. The van der Waals surface area contributed by atoms with Gasteiger partial charge in [-0.1, -0.05) is 38.1 Å². The summed E-state index contributed by atoms with van der Waals surface area (Å²) >= 11 is 0. The number of anilines is 1. The Bertz CT molecular complexity index is 656. The first-order valence-electron chi connectivity index (χ1n) is 6.77. The highest BCUT2D eigenvalue weighted by Gasteiger charge is 2.19. The van der Waals surface area contributed by atoms with Crippen molar-refractivity contribution in [3.63, 3.8) is 0 Å². The maximum atomic E-state index is 13.6. The number of para-hydroxylation sites is 1. The predicted octanol–water partition coefficient (Wildman–Crippen LogP) is 5.26. The first-order valence-corrected chi connectivity index (χ1v) is 8.84. The zero-order chi connectivity index (χ0) is 15.5. The summed E-state index contributed by atoms with van der Waals surface area (Å²) in [4.78, 5) is 0. The summed E-state index contributed by atoms with van der Waals surface area (Å²) in [7, 11) is -3.19. The Labute approximate surface area is 124 Å². The van der Waals surface area contributed by atoms with Gasteiger partial charge in [0.1, 0.15) is 11.6 Å². The zero-order valence-corrected chi connectivity index (χ0v) is 13.2. The molecule has 0 amide bonds. The van der Waals surface area contributed by atoms with E-state index in [0.717, 1.165) is 0 Å². The molecule has 0 bridgehead atoms. The quantitative estimate of drug-likeness (QED) is 0.765. The molecule has 1 N–H and O–H groups in total. The van der Waals surface area contributed by atoms with Crippen LogP contribution < -0.4 is 9.61 Å². The van der Waals surface area contributed by atoms with Crippen LogP contribution in [0.15, 0.2) is 48.5 Å². The molecule has 2 aromatic rings. The molecule has 1 atom stereocenters. The van der Waals surface area contributed by atoms with Gasteiger partial charge in [-0.2, -0.15) is 0 Å². The van der Waals surface area contributed by atoms with Crippen LogP contribution in [0.3, 0.4) is 0 Å². The third-order valence-electron chi connectivity index (χ3n) is 3.02. The van der Waals surface area contributed by atoms with E-state index < -0.39 is 13.3 Å². The molecule has 0 aliphatic rings. The Morgan fingerprint density at radius 1 is 1.10 bits per heavy atom. The molecule has 3 nitrogen and oxygen atoms in total. The van der Waals surface area contributed by atoms with Crippen molar-refractivity contribution < 1.29 is 13.5 Å². The van der Waals surface area contributed by atoms with E-state index in [1.54, 1.807) is 24.3 Å². The van der Waals surface area contributed by atoms with Gasteiger partial charge in [0.15, 0.2) is 0 Å². The second-order valence-corrected chi connectivity index (χ2v) is 7.35. The van der Waals surface area contributed by atoms with Gasteiger partial charge in [-0.25, -0.2) is 4.39 Å². The molecule has 0 spiro atoms. The van der Waals surface area contributed by atoms with Crippen LogP contribution in [0.5, 0.6) is 5.75 Å². The van der Waals surface area contributed by atoms with Crippen LogP contribution in [0, 0.1) is 5.82 Å². The van der Waals surface area contributed by atoms with Crippen LogP contribution in [0.2, 0.25) is 0 Å². The molecule has 0 fully saturated rings. The van der Waals surface area contributed by atoms with Gasteiger partial charge in [0.25, 0.3) is 0 Å². The molecule has 112 valence electrons. The van der Waals surface area contributed by atoms with Crippen LogP contribution >= 0.6 is 7.52 Å². The Hall–Kier alpha value is -1.80. The average Bonchev–Trinajstić information content (AvgIpc) is 2.41. The SMILES string of the molecule is CC(C)c1ccc(OP(C)(=O)Nc2ccccc2F)cc1. The van der Waals surface area contributed by atoms with Crippen LogP contribution in [0.25, 0.3) is 0 Å². The van der Waals surface area contributed by atoms with Gasteiger partial charge in [-0.05, 0) is 35.7 Å². The lowest BCUT2D eigenvalue weighted by molar-refractivity contribution is 0.493. The van der Waals surface area contributed by atoms with Crippen molar-refractivity contribution in [2.75, 3.05) is 11.8 Å². The van der Waals surface area contributed by atoms with Gasteiger partial charge in [0.05, 0.1) is 5.69 Å². The second-order valence-electron chi connectivity index (χ2n) is 5.25. The van der Waals surface area contributed by atoms with Crippen LogP contribution in [0.4, 0.5) is 10.1 Å². The molecule has 0 heterocycles. The molecule has 0 aliphatic heterocycles. The summed E-state index contributed by atoms with van der Waals surface area (Å²) in [6, 6.07) is 13.5. The number of hydrogen-bond acceptors (Lipinski definition) is 2. The van der Waals surface area contributed by atoms with Crippen LogP contribution in [-0.2, 0) is 4.57 Å². The van der Waals surface area contributed by atoms with Gasteiger partial charge < -0.3 is 9.61 Å². The molecule has 0 saturated heterocycles. The van der Waals surface area contributed by atoms with Crippen molar-refractivity contribution >= 4 is 13.2 Å². The maximum Gasteiger partial charge on any atom is 0.338 e. The first kappa shape index (κ1) is 15.6. The molecule has 21 heavy (non-hydrogen) atoms. The minimum atomic E-state index is -3.19. The third kappa shape index (κ3) is 4.33. The number of halogens is 1. The van der Waals surface area contributed by atoms with E-state index in [4.69, 9.17) is 4.52 Å². The molecular formula is C16H19FNO2P. The summed E-state index contributed by atoms with van der Waals surface area (Å²) in [5.41, 5.74) is 1.34. The standard InChI is InChI=1S/C16H19FNO2P/c1-12(2)13-8-10-14(11-9-13)20-21(3,19)18-16-7-5-4-6-15(16)17/h4-12H,1-3H3,(H,18,19). The van der Waals surface area contributed by atoms with E-state index in [2.05, 4.69) is 18.9 Å². The molecule has 0 saturated carbocycles. The minimum absolute atomic E-state index is 0.169. The Morgan fingerprint density at radius 3 is 2.29 bits per heavy atom. The summed E-state index contributed by atoms with van der Waals surface area (Å²) in [5, 5.41) is 2.63. The summed E-state index contributed by atoms with van der Waals surface area (Å²) < 4.78 is 31.5. The lowest BCUT2D eigenvalue weighted by Crippen LogP contribution is -2.03. The molecule has 5 heteroatoms. The van der Waals surface area contributed by atoms with Crippen molar-refractivity contribution in [3.05, 3.63) is 59.9 Å². The van der Waals surface area contributed by atoms with E-state index in [0.29, 0.717) is 11.7 Å². The fourth-order valence-electron chi connectivity index (χ4n) is 1.91. The van der Waals surface area contributed by atoms with Gasteiger partial charge in [0, 0.05) is 6.66 Å². The highest BCUT2D eigenvalue weighted by molar-refractivity contribution is 7.60. The Morgan fingerprint density at radius 2 is 1.71 bits per heavy atom. The number of hydrogen-bond donors (Lipinski definition) is 1.